The van der Waals surface area contributed by atoms with E-state index in [1.54, 1.807) is 24.5 Å². The van der Waals surface area contributed by atoms with Crippen molar-refractivity contribution in [1.29, 1.82) is 0 Å². The molecule has 0 bridgehead atoms. The Balaban J connectivity index is 1.44. The molecule has 2 atom stereocenters. The molecule has 0 radical (unpaired) electrons. The van der Waals surface area contributed by atoms with E-state index in [1.807, 2.05) is 12.1 Å². The highest BCUT2D eigenvalue weighted by Gasteiger charge is 2.36. The minimum Gasteiger partial charge on any atom is -0.353 e. The second-order valence-corrected chi connectivity index (χ2v) is 9.02. The third kappa shape index (κ3) is 6.13. The lowest BCUT2D eigenvalue weighted by Gasteiger charge is -2.37. The average Bonchev–Trinajstić information content (AvgIpc) is 2.81. The molecule has 0 spiro atoms. The van der Waals surface area contributed by atoms with Gasteiger partial charge in [0.15, 0.2) is 0 Å². The van der Waals surface area contributed by atoms with Crippen molar-refractivity contribution in [2.75, 3.05) is 18.4 Å². The second-order valence-electron chi connectivity index (χ2n) is 9.02. The number of pyridine rings is 1. The van der Waals surface area contributed by atoms with Crippen LogP contribution in [-0.2, 0) is 16.1 Å². The van der Waals surface area contributed by atoms with Gasteiger partial charge in [-0.1, -0.05) is 19.3 Å². The highest BCUT2D eigenvalue weighted by Crippen LogP contribution is 2.26. The molecule has 170 valence electrons. The molecule has 1 saturated carbocycles. The lowest BCUT2D eigenvalue weighted by molar-refractivity contribution is -0.130. The van der Waals surface area contributed by atoms with E-state index in [9.17, 15) is 14.0 Å². The SMILES string of the molecule is O=C(Nc1ccc(F)cc1)[C@@H]1C[C@H](C(=O)NC2CCCCC2)CN(Cc2ccncc2)C1. The van der Waals surface area contributed by atoms with Crippen LogP contribution in [0, 0.1) is 17.7 Å². The summed E-state index contributed by atoms with van der Waals surface area (Å²) in [6.45, 7) is 1.86. The van der Waals surface area contributed by atoms with Crippen LogP contribution in [-0.4, -0.2) is 40.8 Å². The maximum absolute atomic E-state index is 13.2. The van der Waals surface area contributed by atoms with Gasteiger partial charge in [0.1, 0.15) is 5.82 Å². The number of amides is 2. The molecule has 2 heterocycles. The monoisotopic (exact) mass is 438 g/mol. The van der Waals surface area contributed by atoms with Crippen molar-refractivity contribution >= 4 is 17.5 Å². The Morgan fingerprint density at radius 3 is 2.28 bits per heavy atom. The lowest BCUT2D eigenvalue weighted by atomic mass is 9.86. The molecular formula is C25H31FN4O2. The average molecular weight is 439 g/mol. The van der Waals surface area contributed by atoms with Crippen LogP contribution in [0.1, 0.15) is 44.1 Å². The summed E-state index contributed by atoms with van der Waals surface area (Å²) in [5.74, 6) is -0.986. The van der Waals surface area contributed by atoms with Crippen molar-refractivity contribution in [2.45, 2.75) is 51.1 Å². The van der Waals surface area contributed by atoms with Gasteiger partial charge >= 0.3 is 0 Å². The molecule has 1 aliphatic carbocycles. The minimum atomic E-state index is -0.344. The summed E-state index contributed by atoms with van der Waals surface area (Å²) in [5.41, 5.74) is 1.66. The molecule has 1 aliphatic heterocycles. The van der Waals surface area contributed by atoms with Crippen molar-refractivity contribution in [2.24, 2.45) is 11.8 Å². The van der Waals surface area contributed by atoms with Crippen molar-refractivity contribution in [1.82, 2.24) is 15.2 Å². The number of nitrogens with one attached hydrogen (secondary N) is 2. The van der Waals surface area contributed by atoms with Crippen LogP contribution in [0.2, 0.25) is 0 Å². The maximum atomic E-state index is 13.2. The zero-order valence-electron chi connectivity index (χ0n) is 18.3. The minimum absolute atomic E-state index is 0.0518. The lowest BCUT2D eigenvalue weighted by Crippen LogP contribution is -2.50. The number of halogens is 1. The summed E-state index contributed by atoms with van der Waals surface area (Å²) in [6, 6.07) is 9.92. The predicted octanol–water partition coefficient (Wildman–Crippen LogP) is 3.75. The van der Waals surface area contributed by atoms with E-state index in [0.29, 0.717) is 31.7 Å². The molecule has 2 aromatic rings. The Labute approximate surface area is 188 Å². The van der Waals surface area contributed by atoms with Crippen LogP contribution >= 0.6 is 0 Å². The molecule has 1 aromatic carbocycles. The summed E-state index contributed by atoms with van der Waals surface area (Å²) in [7, 11) is 0. The van der Waals surface area contributed by atoms with Crippen LogP contribution < -0.4 is 10.6 Å². The Morgan fingerprint density at radius 1 is 0.938 bits per heavy atom. The normalized spacial score (nSPS) is 22.3. The van der Waals surface area contributed by atoms with E-state index in [2.05, 4.69) is 20.5 Å². The number of carbonyl (C=O) groups excluding carboxylic acids is 2. The number of benzene rings is 1. The van der Waals surface area contributed by atoms with Crippen molar-refractivity contribution in [3.05, 3.63) is 60.2 Å². The fourth-order valence-corrected chi connectivity index (χ4v) is 4.79. The molecule has 6 nitrogen and oxygen atoms in total. The van der Waals surface area contributed by atoms with Gasteiger partial charge in [-0.05, 0) is 61.2 Å². The first-order valence-corrected chi connectivity index (χ1v) is 11.5. The zero-order chi connectivity index (χ0) is 22.3. The van der Waals surface area contributed by atoms with Crippen molar-refractivity contribution < 1.29 is 14.0 Å². The number of likely N-dealkylation sites (tertiary alicyclic amines) is 1. The summed E-state index contributed by atoms with van der Waals surface area (Å²) in [6.07, 6.45) is 9.65. The third-order valence-corrected chi connectivity index (χ3v) is 6.49. The van der Waals surface area contributed by atoms with Gasteiger partial charge < -0.3 is 10.6 Å². The number of hydrogen-bond donors (Lipinski definition) is 2. The number of anilines is 1. The number of nitrogens with zero attached hydrogens (tertiary/aromatic N) is 2. The van der Waals surface area contributed by atoms with E-state index in [1.165, 1.54) is 18.6 Å². The topological polar surface area (TPSA) is 74.3 Å². The molecule has 0 unspecified atom stereocenters. The van der Waals surface area contributed by atoms with Gasteiger partial charge in [-0.25, -0.2) is 4.39 Å². The number of piperidine rings is 1. The smallest absolute Gasteiger partial charge is 0.228 e. The number of aromatic nitrogens is 1. The van der Waals surface area contributed by atoms with Crippen LogP contribution in [0.25, 0.3) is 0 Å². The van der Waals surface area contributed by atoms with Crippen LogP contribution in [0.5, 0.6) is 0 Å². The van der Waals surface area contributed by atoms with Gasteiger partial charge in [0.25, 0.3) is 0 Å². The maximum Gasteiger partial charge on any atom is 0.228 e. The van der Waals surface area contributed by atoms with Crippen LogP contribution in [0.15, 0.2) is 48.8 Å². The van der Waals surface area contributed by atoms with Crippen LogP contribution in [0.4, 0.5) is 10.1 Å². The summed E-state index contributed by atoms with van der Waals surface area (Å²) in [5, 5.41) is 6.13. The third-order valence-electron chi connectivity index (χ3n) is 6.49. The van der Waals surface area contributed by atoms with E-state index in [-0.39, 0.29) is 35.5 Å². The van der Waals surface area contributed by atoms with E-state index in [0.717, 1.165) is 31.2 Å². The second kappa shape index (κ2) is 10.7. The Kier molecular flexibility index (Phi) is 7.47. The highest BCUT2D eigenvalue weighted by atomic mass is 19.1. The van der Waals surface area contributed by atoms with E-state index < -0.39 is 0 Å². The Morgan fingerprint density at radius 2 is 1.59 bits per heavy atom. The summed E-state index contributed by atoms with van der Waals surface area (Å²) < 4.78 is 13.2. The highest BCUT2D eigenvalue weighted by molar-refractivity contribution is 5.93. The fourth-order valence-electron chi connectivity index (χ4n) is 4.79. The number of carbonyl (C=O) groups is 2. The summed E-state index contributed by atoms with van der Waals surface area (Å²) >= 11 is 0. The van der Waals surface area contributed by atoms with Gasteiger partial charge in [-0.2, -0.15) is 0 Å². The quantitative estimate of drug-likeness (QED) is 0.721. The van der Waals surface area contributed by atoms with Crippen molar-refractivity contribution in [3.63, 3.8) is 0 Å². The van der Waals surface area contributed by atoms with Gasteiger partial charge in [-0.15, -0.1) is 0 Å². The summed E-state index contributed by atoms with van der Waals surface area (Å²) in [4.78, 5) is 32.4. The molecule has 2 amide bonds. The first-order chi connectivity index (χ1) is 15.6. The molecule has 1 saturated heterocycles. The van der Waals surface area contributed by atoms with Gasteiger partial charge in [0, 0.05) is 43.8 Å². The van der Waals surface area contributed by atoms with Crippen molar-refractivity contribution in [3.8, 4) is 0 Å². The van der Waals surface area contributed by atoms with Crippen LogP contribution in [0.3, 0.4) is 0 Å². The molecule has 2 aliphatic rings. The Bertz CT molecular complexity index is 900. The Hall–Kier alpha value is -2.80. The zero-order valence-corrected chi connectivity index (χ0v) is 18.3. The molecule has 2 fully saturated rings. The molecule has 2 N–H and O–H groups in total. The van der Waals surface area contributed by atoms with Gasteiger partial charge in [0.2, 0.25) is 11.8 Å². The van der Waals surface area contributed by atoms with Gasteiger partial charge in [0.05, 0.1) is 11.8 Å². The first-order valence-electron chi connectivity index (χ1n) is 11.5. The molecular weight excluding hydrogens is 407 g/mol. The fraction of sp³-hybridized carbons (Fsp3) is 0.480. The van der Waals surface area contributed by atoms with E-state index in [4.69, 9.17) is 0 Å². The first kappa shape index (κ1) is 22.4. The molecule has 32 heavy (non-hydrogen) atoms. The molecule has 7 heteroatoms. The molecule has 4 rings (SSSR count). The number of rotatable bonds is 6. The molecule has 1 aromatic heterocycles. The standard InChI is InChI=1S/C25H31FN4O2/c26-21-6-8-23(9-7-21)29-25(32)20-14-19(24(31)28-22-4-2-1-3-5-22)16-30(17-20)15-18-10-12-27-13-11-18/h6-13,19-20,22H,1-5,14-17H2,(H,28,31)(H,29,32)/t19-,20+/m0/s1. The van der Waals surface area contributed by atoms with Gasteiger partial charge in [-0.3, -0.25) is 19.5 Å². The number of hydrogen-bond acceptors (Lipinski definition) is 4. The van der Waals surface area contributed by atoms with E-state index >= 15 is 0 Å². The predicted molar refractivity (Wildman–Crippen MR) is 121 cm³/mol. The largest absolute Gasteiger partial charge is 0.353 e.